The van der Waals surface area contributed by atoms with Crippen LogP contribution in [-0.4, -0.2) is 16.4 Å². The summed E-state index contributed by atoms with van der Waals surface area (Å²) < 4.78 is 1.05. The number of halogens is 1. The Hall–Kier alpha value is -2.72. The summed E-state index contributed by atoms with van der Waals surface area (Å²) in [5.74, 6) is 0. The topological polar surface area (TPSA) is 19.4 Å². The van der Waals surface area contributed by atoms with Crippen LogP contribution in [0.25, 0.3) is 22.4 Å². The van der Waals surface area contributed by atoms with Crippen molar-refractivity contribution in [2.45, 2.75) is 6.92 Å². The largest absolute Gasteiger partial charge is 3.00 e. The second kappa shape index (κ2) is 12.5. The van der Waals surface area contributed by atoms with E-state index in [2.05, 4.69) is 80.8 Å². The van der Waals surface area contributed by atoms with Gasteiger partial charge in [0.05, 0.1) is 0 Å². The van der Waals surface area contributed by atoms with E-state index in [4.69, 9.17) is 0 Å². The fraction of sp³-hybridized carbons (Fsp3) is 0.0714. The van der Waals surface area contributed by atoms with Gasteiger partial charge < -0.3 is 14.8 Å². The van der Waals surface area contributed by atoms with Crippen LogP contribution in [0, 0.1) is 18.8 Å². The number of hydrogen-bond acceptors (Lipinski definition) is 3. The van der Waals surface area contributed by atoms with Crippen LogP contribution in [0.2, 0.25) is 0 Å². The van der Waals surface area contributed by atoms with Crippen LogP contribution in [0.1, 0.15) is 6.92 Å². The molecule has 0 amide bonds. The van der Waals surface area contributed by atoms with Crippen molar-refractivity contribution in [2.24, 2.45) is 0 Å². The van der Waals surface area contributed by atoms with Crippen molar-refractivity contribution in [1.29, 1.82) is 0 Å². The average Bonchev–Trinajstić information content (AvgIpc) is 3.36. The number of rotatable bonds is 4. The Bertz CT molecular complexity index is 1070. The van der Waals surface area contributed by atoms with E-state index >= 15 is 0 Å². The minimum atomic E-state index is 0. The summed E-state index contributed by atoms with van der Waals surface area (Å²) in [7, 11) is 0. The van der Waals surface area contributed by atoms with Gasteiger partial charge in [0, 0.05) is 6.20 Å². The summed E-state index contributed by atoms with van der Waals surface area (Å²) >= 11 is 3.39. The monoisotopic (exact) mass is 673 g/mol. The van der Waals surface area contributed by atoms with Crippen molar-refractivity contribution in [3.05, 3.63) is 127 Å². The molecule has 0 N–H and O–H groups in total. The number of pyridine rings is 1. The van der Waals surface area contributed by atoms with Gasteiger partial charge in [0.25, 0.3) is 0 Å². The summed E-state index contributed by atoms with van der Waals surface area (Å²) in [5, 5.41) is 0. The van der Waals surface area contributed by atoms with Gasteiger partial charge in [-0.3, -0.25) is 0 Å². The van der Waals surface area contributed by atoms with E-state index in [0.29, 0.717) is 0 Å². The van der Waals surface area contributed by atoms with Crippen molar-refractivity contribution in [3.63, 3.8) is 0 Å². The van der Waals surface area contributed by atoms with E-state index in [1.807, 2.05) is 79.1 Å². The maximum Gasteiger partial charge on any atom is 3.00 e. The van der Waals surface area contributed by atoms with Crippen LogP contribution in [0.4, 0.5) is 5.69 Å². The molecule has 5 rings (SSSR count). The van der Waals surface area contributed by atoms with E-state index in [-0.39, 0.29) is 20.1 Å². The third kappa shape index (κ3) is 6.88. The van der Waals surface area contributed by atoms with Gasteiger partial charge in [-0.1, -0.05) is 53.9 Å². The first kappa shape index (κ1) is 24.9. The van der Waals surface area contributed by atoms with Crippen molar-refractivity contribution < 1.29 is 20.1 Å². The molecule has 0 saturated heterocycles. The Morgan fingerprint density at radius 3 is 2.30 bits per heavy atom. The molecule has 2 heterocycles. The zero-order valence-electron chi connectivity index (χ0n) is 18.2. The molecular weight excluding hydrogens is 650 g/mol. The molecule has 0 spiro atoms. The summed E-state index contributed by atoms with van der Waals surface area (Å²) in [6.45, 7) is 5.17. The normalized spacial score (nSPS) is 12.1. The summed E-state index contributed by atoms with van der Waals surface area (Å²) in [6.07, 6.45) is 5.99. The molecule has 0 bridgehead atoms. The van der Waals surface area contributed by atoms with Crippen LogP contribution in [0.5, 0.6) is 0 Å². The summed E-state index contributed by atoms with van der Waals surface area (Å²) in [4.78, 5) is 8.67. The molecule has 1 aliphatic heterocycles. The molecule has 1 aromatic heterocycles. The molecule has 0 radical (unpaired) electrons. The van der Waals surface area contributed by atoms with Crippen LogP contribution < -0.4 is 4.90 Å². The fourth-order valence-corrected chi connectivity index (χ4v) is 3.44. The molecule has 0 fully saturated rings. The van der Waals surface area contributed by atoms with E-state index in [0.717, 1.165) is 33.5 Å². The quantitative estimate of drug-likeness (QED) is 0.214. The molecule has 4 aromatic rings. The van der Waals surface area contributed by atoms with Gasteiger partial charge in [-0.2, -0.15) is 24.9 Å². The first-order valence-corrected chi connectivity index (χ1v) is 11.3. The Labute approximate surface area is 218 Å². The zero-order valence-corrected chi connectivity index (χ0v) is 22.1. The third-order valence-electron chi connectivity index (χ3n) is 4.95. The van der Waals surface area contributed by atoms with Crippen LogP contribution in [0.3, 0.4) is 0 Å². The predicted octanol–water partition coefficient (Wildman–Crippen LogP) is 7.19. The van der Waals surface area contributed by atoms with Gasteiger partial charge in [-0.15, -0.1) is 63.6 Å². The van der Waals surface area contributed by atoms with E-state index in [1.54, 1.807) is 0 Å². The molecule has 5 heteroatoms. The number of hydrogen-bond donors (Lipinski definition) is 0. The van der Waals surface area contributed by atoms with Gasteiger partial charge in [0.1, 0.15) is 0 Å². The average molecular weight is 674 g/mol. The van der Waals surface area contributed by atoms with Gasteiger partial charge in [0.2, 0.25) is 0 Å². The Morgan fingerprint density at radius 1 is 0.879 bits per heavy atom. The summed E-state index contributed by atoms with van der Waals surface area (Å²) in [5.41, 5.74) is 5.36. The Kier molecular flexibility index (Phi) is 9.44. The van der Waals surface area contributed by atoms with Crippen molar-refractivity contribution in [2.75, 3.05) is 11.4 Å². The number of nitrogens with zero attached hydrogens (tertiary/aromatic N) is 3. The molecule has 3 aromatic carbocycles. The third-order valence-corrected chi connectivity index (χ3v) is 5.44. The van der Waals surface area contributed by atoms with Crippen LogP contribution >= 0.6 is 15.9 Å². The molecule has 0 saturated carbocycles. The first-order valence-electron chi connectivity index (χ1n) is 10.5. The smallest absolute Gasteiger partial charge is 0.508 e. The minimum Gasteiger partial charge on any atom is -0.508 e. The minimum absolute atomic E-state index is 0. The van der Waals surface area contributed by atoms with Gasteiger partial charge >= 0.3 is 20.1 Å². The maximum absolute atomic E-state index is 4.49. The molecule has 0 aliphatic carbocycles. The second-order valence-corrected chi connectivity index (χ2v) is 8.03. The number of aromatic nitrogens is 1. The van der Waals surface area contributed by atoms with Crippen LogP contribution in [-0.2, 0) is 20.1 Å². The molecule has 166 valence electrons. The Morgan fingerprint density at radius 2 is 1.70 bits per heavy atom. The standard InChI is InChI=1S/C17H12N.C11H11BrN2.Ir/c1-3-7-14(8-4-1)16-11-12-17(18-13-16)15-9-5-2-6-10-15;1-2-13-7-8-14(9-13)11-5-3-10(12)4-6-11;/h1-9,11-13H;3-5,7-9H,2H2,1H3;/q-1;-2;+3. The number of anilines is 1. The van der Waals surface area contributed by atoms with Crippen molar-refractivity contribution >= 4 is 21.6 Å². The summed E-state index contributed by atoms with van der Waals surface area (Å²) in [6, 6.07) is 34.6. The van der Waals surface area contributed by atoms with E-state index in [9.17, 15) is 0 Å². The SMILES string of the molecule is CCN1C=CN(c2[c-]cc(Br)cc2)[CH-]1.[Ir+3].[c-]1ccccc1-c1ccc(-c2ccccc2)cn1. The molecule has 1 aliphatic rings. The maximum atomic E-state index is 4.49. The van der Waals surface area contributed by atoms with E-state index < -0.39 is 0 Å². The van der Waals surface area contributed by atoms with Gasteiger partial charge in [-0.05, 0) is 35.8 Å². The molecule has 0 atom stereocenters. The fourth-order valence-electron chi connectivity index (χ4n) is 3.19. The zero-order chi connectivity index (χ0) is 22.2. The predicted molar refractivity (Wildman–Crippen MR) is 135 cm³/mol. The first-order chi connectivity index (χ1) is 15.7. The van der Waals surface area contributed by atoms with Crippen molar-refractivity contribution in [1.82, 2.24) is 9.88 Å². The van der Waals surface area contributed by atoms with Gasteiger partial charge in [-0.25, -0.2) is 0 Å². The Balaban J connectivity index is 0.000000186. The molecular formula is C28H23BrIrN3. The van der Waals surface area contributed by atoms with Gasteiger partial charge in [0.15, 0.2) is 0 Å². The second-order valence-electron chi connectivity index (χ2n) is 7.12. The van der Waals surface area contributed by atoms with E-state index in [1.165, 1.54) is 5.56 Å². The van der Waals surface area contributed by atoms with Crippen molar-refractivity contribution in [3.8, 4) is 22.4 Å². The molecule has 33 heavy (non-hydrogen) atoms. The molecule has 3 nitrogen and oxygen atoms in total. The number of benzene rings is 3. The van der Waals surface area contributed by atoms with Crippen LogP contribution in [0.15, 0.2) is 108 Å². The molecule has 0 unspecified atom stereocenters.